The number of hydrazine groups is 1. The Bertz CT molecular complexity index is 1290. The molecule has 7 heteroatoms. The summed E-state index contributed by atoms with van der Waals surface area (Å²) in [4.78, 5) is 41.1. The number of methoxy groups -OCH3 is 1. The molecule has 1 fully saturated rings. The van der Waals surface area contributed by atoms with Crippen LogP contribution in [-0.2, 0) is 9.59 Å². The Morgan fingerprint density at radius 2 is 1.36 bits per heavy atom. The van der Waals surface area contributed by atoms with Gasteiger partial charge in [-0.25, -0.2) is 10.0 Å². The Hall–Kier alpha value is -4.65. The molecule has 0 saturated carbocycles. The van der Waals surface area contributed by atoms with Gasteiger partial charge in [0.2, 0.25) is 0 Å². The van der Waals surface area contributed by atoms with Crippen LogP contribution in [0.15, 0.2) is 108 Å². The Kier molecular flexibility index (Phi) is 6.36. The summed E-state index contributed by atoms with van der Waals surface area (Å²) in [6, 6.07) is 28.4. The first-order valence-electron chi connectivity index (χ1n) is 11.6. The van der Waals surface area contributed by atoms with E-state index in [-0.39, 0.29) is 18.0 Å². The second-order valence-electron chi connectivity index (χ2n) is 8.43. The largest absolute Gasteiger partial charge is 0.497 e. The first kappa shape index (κ1) is 23.1. The maximum atomic E-state index is 14.0. The summed E-state index contributed by atoms with van der Waals surface area (Å²) in [5, 5.41) is 2.80. The van der Waals surface area contributed by atoms with Gasteiger partial charge >= 0.3 is 0 Å². The van der Waals surface area contributed by atoms with Crippen molar-refractivity contribution in [2.24, 2.45) is 5.92 Å². The van der Waals surface area contributed by atoms with E-state index in [0.717, 1.165) is 0 Å². The van der Waals surface area contributed by atoms with Crippen LogP contribution < -0.4 is 14.8 Å². The average Bonchev–Trinajstić information content (AvgIpc) is 3.55. The second-order valence-corrected chi connectivity index (χ2v) is 8.43. The molecule has 1 unspecified atom stereocenters. The lowest BCUT2D eigenvalue weighted by Gasteiger charge is -2.27. The minimum Gasteiger partial charge on any atom is -0.497 e. The highest BCUT2D eigenvalue weighted by Crippen LogP contribution is 2.40. The molecule has 1 aliphatic heterocycles. The number of amides is 2. The fourth-order valence-corrected chi connectivity index (χ4v) is 4.55. The lowest BCUT2D eigenvalue weighted by molar-refractivity contribution is -0.127. The second kappa shape index (κ2) is 9.92. The normalized spacial score (nSPS) is 14.8. The monoisotopic (exact) mass is 480 g/mol. The molecule has 1 saturated heterocycles. The van der Waals surface area contributed by atoms with Crippen LogP contribution in [0.1, 0.15) is 28.5 Å². The minimum absolute atomic E-state index is 0.0761. The van der Waals surface area contributed by atoms with Gasteiger partial charge in [-0.2, -0.15) is 0 Å². The smallest absolute Gasteiger partial charge is 0.259 e. The van der Waals surface area contributed by atoms with Gasteiger partial charge in [0.25, 0.3) is 11.8 Å². The number of carbonyl (C=O) groups excluding carboxylic acids is 3. The van der Waals surface area contributed by atoms with E-state index in [1.807, 2.05) is 36.4 Å². The lowest BCUT2D eigenvalue weighted by Crippen LogP contribution is -2.41. The highest BCUT2D eigenvalue weighted by atomic mass is 16.5. The van der Waals surface area contributed by atoms with Crippen LogP contribution in [0.2, 0.25) is 0 Å². The molecule has 7 nitrogen and oxygen atoms in total. The topological polar surface area (TPSA) is 80.1 Å². The van der Waals surface area contributed by atoms with E-state index in [9.17, 15) is 14.4 Å². The number of hydrogen-bond donors (Lipinski definition) is 0. The molecular weight excluding hydrogens is 456 g/mol. The van der Waals surface area contributed by atoms with E-state index in [1.54, 1.807) is 67.8 Å². The number of anilines is 2. The Morgan fingerprint density at radius 1 is 0.806 bits per heavy atom. The van der Waals surface area contributed by atoms with E-state index >= 15 is 0 Å². The van der Waals surface area contributed by atoms with Gasteiger partial charge in [0.05, 0.1) is 24.7 Å². The van der Waals surface area contributed by atoms with Crippen molar-refractivity contribution in [2.75, 3.05) is 17.1 Å². The van der Waals surface area contributed by atoms with E-state index in [1.165, 1.54) is 16.3 Å². The van der Waals surface area contributed by atoms with E-state index in [2.05, 4.69) is 0 Å². The van der Waals surface area contributed by atoms with E-state index in [0.29, 0.717) is 22.7 Å². The fourth-order valence-electron chi connectivity index (χ4n) is 4.55. The van der Waals surface area contributed by atoms with Gasteiger partial charge in [-0.1, -0.05) is 48.5 Å². The number of rotatable bonds is 8. The molecule has 0 aliphatic carbocycles. The zero-order valence-corrected chi connectivity index (χ0v) is 19.6. The summed E-state index contributed by atoms with van der Waals surface area (Å²) < 4.78 is 10.6. The van der Waals surface area contributed by atoms with Gasteiger partial charge < -0.3 is 9.15 Å². The molecule has 0 spiro atoms. The zero-order valence-electron chi connectivity index (χ0n) is 19.6. The molecule has 5 rings (SSSR count). The van der Waals surface area contributed by atoms with Gasteiger partial charge in [0.1, 0.15) is 11.7 Å². The number of ether oxygens (including phenoxy) is 1. The maximum Gasteiger partial charge on any atom is 0.259 e. The van der Waals surface area contributed by atoms with Crippen molar-refractivity contribution in [1.29, 1.82) is 0 Å². The number of ketones is 1. The van der Waals surface area contributed by atoms with Gasteiger partial charge in [-0.15, -0.1) is 0 Å². The number of Topliss-reactive ketones (excluding diaryl/α,β-unsaturated/α-hetero) is 1. The first-order chi connectivity index (χ1) is 17.6. The SMILES string of the molecule is COc1ccc(C(CC(=O)c2ccco2)C2C(=O)N(c3ccccc3)N(c3ccccc3)C2=O)cc1. The molecule has 36 heavy (non-hydrogen) atoms. The molecule has 1 atom stereocenters. The third kappa shape index (κ3) is 4.27. The summed E-state index contributed by atoms with van der Waals surface area (Å²) in [5.41, 5.74) is 1.81. The lowest BCUT2D eigenvalue weighted by atomic mass is 9.81. The molecule has 0 N–H and O–H groups in total. The standard InChI is InChI=1S/C29H24N2O5/c1-35-23-16-14-20(15-17-23)24(19-25(32)26-13-8-18-36-26)27-28(33)30(21-9-4-2-5-10-21)31(29(27)34)22-11-6-3-7-12-22/h2-18,24,27H,19H2,1H3. The van der Waals surface area contributed by atoms with Gasteiger partial charge in [-0.3, -0.25) is 14.4 Å². The summed E-state index contributed by atoms with van der Waals surface area (Å²) in [7, 11) is 1.56. The van der Waals surface area contributed by atoms with Crippen LogP contribution >= 0.6 is 0 Å². The number of carbonyl (C=O) groups is 3. The Balaban J connectivity index is 1.60. The van der Waals surface area contributed by atoms with Crippen molar-refractivity contribution in [3.8, 4) is 5.75 Å². The van der Waals surface area contributed by atoms with Crippen molar-refractivity contribution in [3.05, 3.63) is 115 Å². The van der Waals surface area contributed by atoms with Crippen molar-refractivity contribution < 1.29 is 23.5 Å². The van der Waals surface area contributed by atoms with Gasteiger partial charge in [0, 0.05) is 12.3 Å². The van der Waals surface area contributed by atoms with Gasteiger partial charge in [0.15, 0.2) is 11.5 Å². The van der Waals surface area contributed by atoms with Crippen LogP contribution in [0.3, 0.4) is 0 Å². The molecule has 3 aromatic carbocycles. The minimum atomic E-state index is -1.11. The molecular formula is C29H24N2O5. The first-order valence-corrected chi connectivity index (χ1v) is 11.6. The van der Waals surface area contributed by atoms with Crippen LogP contribution in [0, 0.1) is 5.92 Å². The number of nitrogens with zero attached hydrogens (tertiary/aromatic N) is 2. The summed E-state index contributed by atoms with van der Waals surface area (Å²) >= 11 is 0. The maximum absolute atomic E-state index is 14.0. The Labute approximate surface area is 208 Å². The van der Waals surface area contributed by atoms with Crippen molar-refractivity contribution in [1.82, 2.24) is 0 Å². The van der Waals surface area contributed by atoms with Crippen molar-refractivity contribution in [3.63, 3.8) is 0 Å². The third-order valence-corrected chi connectivity index (χ3v) is 6.30. The molecule has 0 bridgehead atoms. The Morgan fingerprint density at radius 3 is 1.83 bits per heavy atom. The molecule has 1 aliphatic rings. The highest BCUT2D eigenvalue weighted by Gasteiger charge is 2.51. The van der Waals surface area contributed by atoms with Crippen LogP contribution in [0.5, 0.6) is 5.75 Å². The molecule has 2 amide bonds. The number of benzene rings is 3. The number of furan rings is 1. The van der Waals surface area contributed by atoms with Crippen LogP contribution in [0.4, 0.5) is 11.4 Å². The van der Waals surface area contributed by atoms with Crippen LogP contribution in [0.25, 0.3) is 0 Å². The molecule has 180 valence electrons. The number of para-hydroxylation sites is 2. The fraction of sp³-hybridized carbons (Fsp3) is 0.138. The van der Waals surface area contributed by atoms with Gasteiger partial charge in [-0.05, 0) is 54.1 Å². The van der Waals surface area contributed by atoms with E-state index < -0.39 is 23.7 Å². The predicted molar refractivity (Wildman–Crippen MR) is 135 cm³/mol. The van der Waals surface area contributed by atoms with Crippen LogP contribution in [-0.4, -0.2) is 24.7 Å². The summed E-state index contributed by atoms with van der Waals surface area (Å²) in [6.07, 6.45) is 1.35. The van der Waals surface area contributed by atoms with Crippen molar-refractivity contribution in [2.45, 2.75) is 12.3 Å². The quantitative estimate of drug-likeness (QED) is 0.254. The third-order valence-electron chi connectivity index (χ3n) is 6.30. The molecule has 1 aromatic heterocycles. The molecule has 4 aromatic rings. The van der Waals surface area contributed by atoms with E-state index in [4.69, 9.17) is 9.15 Å². The molecule has 2 heterocycles. The molecule has 0 radical (unpaired) electrons. The highest BCUT2D eigenvalue weighted by molar-refractivity contribution is 6.23. The summed E-state index contributed by atoms with van der Waals surface area (Å²) in [5.74, 6) is -2.09. The predicted octanol–water partition coefficient (Wildman–Crippen LogP) is 5.26. The average molecular weight is 481 g/mol. The zero-order chi connectivity index (χ0) is 25.1. The summed E-state index contributed by atoms with van der Waals surface area (Å²) in [6.45, 7) is 0. The number of hydrogen-bond acceptors (Lipinski definition) is 5. The van der Waals surface area contributed by atoms with Crippen molar-refractivity contribution >= 4 is 29.0 Å².